The van der Waals surface area contributed by atoms with Crippen LogP contribution in [0.5, 0.6) is 5.75 Å². The molecule has 1 N–H and O–H groups in total. The van der Waals surface area contributed by atoms with E-state index in [1.807, 2.05) is 24.3 Å². The van der Waals surface area contributed by atoms with Crippen LogP contribution in [0.2, 0.25) is 0 Å². The van der Waals surface area contributed by atoms with Crippen molar-refractivity contribution >= 4 is 17.5 Å². The second kappa shape index (κ2) is 8.99. The number of benzene rings is 2. The van der Waals surface area contributed by atoms with E-state index in [1.54, 1.807) is 0 Å². The highest BCUT2D eigenvalue weighted by molar-refractivity contribution is 5.94. The molecule has 0 atom stereocenters. The first-order valence-corrected chi connectivity index (χ1v) is 8.37. The maximum atomic E-state index is 12.8. The predicted octanol–water partition coefficient (Wildman–Crippen LogP) is 3.43. The lowest BCUT2D eigenvalue weighted by atomic mass is 10.0. The van der Waals surface area contributed by atoms with Crippen LogP contribution in [0, 0.1) is 5.82 Å². The Bertz CT molecular complexity index is 743. The number of rotatable bonds is 7. The third-order valence-corrected chi connectivity index (χ3v) is 3.84. The molecule has 0 aliphatic carbocycles. The number of likely N-dealkylation sites (N-methyl/N-ethyl adjacent to an activating group) is 1. The van der Waals surface area contributed by atoms with Crippen LogP contribution in [0.15, 0.2) is 48.5 Å². The van der Waals surface area contributed by atoms with Gasteiger partial charge in [0.1, 0.15) is 11.6 Å². The van der Waals surface area contributed by atoms with Gasteiger partial charge in [-0.3, -0.25) is 9.59 Å². The number of carbonyl (C=O) groups excluding carboxylic acids is 2. The zero-order valence-electron chi connectivity index (χ0n) is 15.2. The van der Waals surface area contributed by atoms with Crippen molar-refractivity contribution in [2.24, 2.45) is 0 Å². The molecule has 0 fully saturated rings. The zero-order chi connectivity index (χ0) is 19.1. The number of nitrogens with zero attached hydrogens (tertiary/aromatic N) is 1. The molecule has 2 amide bonds. The van der Waals surface area contributed by atoms with Gasteiger partial charge in [0, 0.05) is 12.7 Å². The van der Waals surface area contributed by atoms with Crippen LogP contribution >= 0.6 is 0 Å². The lowest BCUT2D eigenvalue weighted by Gasteiger charge is -2.17. The Labute approximate surface area is 152 Å². The minimum absolute atomic E-state index is 0.119. The average molecular weight is 358 g/mol. The van der Waals surface area contributed by atoms with E-state index in [4.69, 9.17) is 4.74 Å². The molecule has 2 aromatic rings. The van der Waals surface area contributed by atoms with Gasteiger partial charge in [-0.05, 0) is 47.9 Å². The average Bonchev–Trinajstić information content (AvgIpc) is 2.61. The quantitative estimate of drug-likeness (QED) is 0.825. The minimum Gasteiger partial charge on any atom is -0.484 e. The summed E-state index contributed by atoms with van der Waals surface area (Å²) in [6.07, 6.45) is 0. The Kier molecular flexibility index (Phi) is 6.72. The van der Waals surface area contributed by atoms with Crippen molar-refractivity contribution in [2.45, 2.75) is 19.8 Å². The first-order valence-electron chi connectivity index (χ1n) is 8.37. The fraction of sp³-hybridized carbons (Fsp3) is 0.300. The van der Waals surface area contributed by atoms with Crippen LogP contribution in [-0.4, -0.2) is 36.9 Å². The maximum Gasteiger partial charge on any atom is 0.260 e. The second-order valence-corrected chi connectivity index (χ2v) is 6.32. The van der Waals surface area contributed by atoms with E-state index >= 15 is 0 Å². The van der Waals surface area contributed by atoms with E-state index in [0.717, 1.165) is 0 Å². The van der Waals surface area contributed by atoms with Crippen molar-refractivity contribution in [1.29, 1.82) is 0 Å². The number of halogens is 1. The van der Waals surface area contributed by atoms with E-state index in [9.17, 15) is 14.0 Å². The smallest absolute Gasteiger partial charge is 0.260 e. The van der Waals surface area contributed by atoms with Gasteiger partial charge in [-0.15, -0.1) is 0 Å². The molecule has 0 aliphatic heterocycles. The summed E-state index contributed by atoms with van der Waals surface area (Å²) in [6, 6.07) is 13.0. The zero-order valence-corrected chi connectivity index (χ0v) is 15.2. The largest absolute Gasteiger partial charge is 0.484 e. The van der Waals surface area contributed by atoms with Gasteiger partial charge in [-0.25, -0.2) is 4.39 Å². The number of ether oxygens (including phenoxy) is 1. The van der Waals surface area contributed by atoms with E-state index < -0.39 is 0 Å². The summed E-state index contributed by atoms with van der Waals surface area (Å²) in [6.45, 7) is 3.93. The van der Waals surface area contributed by atoms with Crippen LogP contribution in [0.1, 0.15) is 25.3 Å². The van der Waals surface area contributed by atoms with Gasteiger partial charge in [0.25, 0.3) is 5.91 Å². The summed E-state index contributed by atoms with van der Waals surface area (Å²) >= 11 is 0. The van der Waals surface area contributed by atoms with Crippen molar-refractivity contribution in [3.8, 4) is 5.75 Å². The van der Waals surface area contributed by atoms with E-state index in [0.29, 0.717) is 17.4 Å². The molecule has 2 aromatic carbocycles. The SMILES string of the molecule is CC(C)c1ccc(OCC(=O)N(C)CC(=O)Nc2ccc(F)cc2)cc1. The molecule has 0 aliphatic rings. The first-order chi connectivity index (χ1) is 12.3. The van der Waals surface area contributed by atoms with Gasteiger partial charge in [-0.2, -0.15) is 0 Å². The van der Waals surface area contributed by atoms with Crippen LogP contribution in [0.3, 0.4) is 0 Å². The molecule has 0 spiro atoms. The maximum absolute atomic E-state index is 12.8. The van der Waals surface area contributed by atoms with Crippen molar-refractivity contribution in [2.75, 3.05) is 25.5 Å². The van der Waals surface area contributed by atoms with Gasteiger partial charge in [0.2, 0.25) is 5.91 Å². The molecule has 0 aromatic heterocycles. The summed E-state index contributed by atoms with van der Waals surface area (Å²) in [4.78, 5) is 25.3. The molecule has 0 heterocycles. The molecule has 6 heteroatoms. The first kappa shape index (κ1) is 19.4. The van der Waals surface area contributed by atoms with Gasteiger partial charge < -0.3 is 15.0 Å². The van der Waals surface area contributed by atoms with Crippen molar-refractivity contribution < 1.29 is 18.7 Å². The number of amides is 2. The lowest BCUT2D eigenvalue weighted by molar-refractivity contribution is -0.135. The fourth-order valence-corrected chi connectivity index (χ4v) is 2.24. The highest BCUT2D eigenvalue weighted by Crippen LogP contribution is 2.18. The monoisotopic (exact) mass is 358 g/mol. The van der Waals surface area contributed by atoms with Crippen LogP contribution in [0.25, 0.3) is 0 Å². The summed E-state index contributed by atoms with van der Waals surface area (Å²) in [5.41, 5.74) is 1.66. The topological polar surface area (TPSA) is 58.6 Å². The molecule has 0 saturated carbocycles. The van der Waals surface area contributed by atoms with E-state index in [-0.39, 0.29) is 30.8 Å². The molecule has 2 rings (SSSR count). The third kappa shape index (κ3) is 5.88. The summed E-state index contributed by atoms with van der Waals surface area (Å²) in [7, 11) is 1.53. The Hall–Kier alpha value is -2.89. The Morgan fingerprint density at radius 1 is 1.08 bits per heavy atom. The molecule has 5 nitrogen and oxygen atoms in total. The highest BCUT2D eigenvalue weighted by atomic mass is 19.1. The number of hydrogen-bond acceptors (Lipinski definition) is 3. The molecule has 138 valence electrons. The molecular weight excluding hydrogens is 335 g/mol. The van der Waals surface area contributed by atoms with E-state index in [1.165, 1.54) is 41.8 Å². The van der Waals surface area contributed by atoms with Crippen LogP contribution < -0.4 is 10.1 Å². The third-order valence-electron chi connectivity index (χ3n) is 3.84. The van der Waals surface area contributed by atoms with Crippen molar-refractivity contribution in [1.82, 2.24) is 4.90 Å². The van der Waals surface area contributed by atoms with Crippen LogP contribution in [-0.2, 0) is 9.59 Å². The predicted molar refractivity (Wildman–Crippen MR) is 98.7 cm³/mol. The van der Waals surface area contributed by atoms with Gasteiger partial charge in [0.05, 0.1) is 6.54 Å². The lowest BCUT2D eigenvalue weighted by Crippen LogP contribution is -2.37. The van der Waals surface area contributed by atoms with Crippen LogP contribution in [0.4, 0.5) is 10.1 Å². The Morgan fingerprint density at radius 2 is 1.69 bits per heavy atom. The molecular formula is C20H23FN2O3. The summed E-state index contributed by atoms with van der Waals surface area (Å²) < 4.78 is 18.3. The molecule has 26 heavy (non-hydrogen) atoms. The Morgan fingerprint density at radius 3 is 2.27 bits per heavy atom. The standard InChI is InChI=1S/C20H23FN2O3/c1-14(2)15-4-10-18(11-5-15)26-13-20(25)23(3)12-19(24)22-17-8-6-16(21)7-9-17/h4-11,14H,12-13H2,1-3H3,(H,22,24). The number of hydrogen-bond donors (Lipinski definition) is 1. The molecule has 0 bridgehead atoms. The van der Waals surface area contributed by atoms with Gasteiger partial charge in [0.15, 0.2) is 6.61 Å². The highest BCUT2D eigenvalue weighted by Gasteiger charge is 2.14. The summed E-state index contributed by atoms with van der Waals surface area (Å²) in [5.74, 6) is -0.0295. The van der Waals surface area contributed by atoms with Gasteiger partial charge >= 0.3 is 0 Å². The fourth-order valence-electron chi connectivity index (χ4n) is 2.24. The molecule has 0 unspecified atom stereocenters. The molecule has 0 radical (unpaired) electrons. The molecule has 0 saturated heterocycles. The van der Waals surface area contributed by atoms with Crippen molar-refractivity contribution in [3.05, 3.63) is 59.9 Å². The minimum atomic E-state index is -0.381. The van der Waals surface area contributed by atoms with E-state index in [2.05, 4.69) is 19.2 Å². The van der Waals surface area contributed by atoms with Crippen molar-refractivity contribution in [3.63, 3.8) is 0 Å². The Balaban J connectivity index is 1.79. The number of carbonyl (C=O) groups is 2. The second-order valence-electron chi connectivity index (χ2n) is 6.32. The number of anilines is 1. The summed E-state index contributed by atoms with van der Waals surface area (Å²) in [5, 5.41) is 2.61. The normalized spacial score (nSPS) is 10.5. The van der Waals surface area contributed by atoms with Gasteiger partial charge in [-0.1, -0.05) is 26.0 Å². The number of nitrogens with one attached hydrogen (secondary N) is 1.